The minimum Gasteiger partial charge on any atom is -0.379 e. The third-order valence-electron chi connectivity index (χ3n) is 4.88. The minimum atomic E-state index is -0.177. The van der Waals surface area contributed by atoms with Gasteiger partial charge in [-0.05, 0) is 34.1 Å². The molecule has 142 valence electrons. The fraction of sp³-hybridized carbons (Fsp3) is 0.611. The second kappa shape index (κ2) is 8.01. The number of aromatic nitrogens is 3. The standard InChI is InChI=1S/C18H26N4O4/c1-10-14(11(2)21-20-10)7-18(23)19-16-9-24-6-5-17(16)25-8-15-12(3)22-26-13(15)4/h16-17H,5-9H2,1-4H3,(H,19,23)(H,20,21)/t16-,17+/m1/s1. The first kappa shape index (κ1) is 18.6. The average molecular weight is 362 g/mol. The van der Waals surface area contributed by atoms with Crippen LogP contribution in [0, 0.1) is 27.7 Å². The first-order valence-electron chi connectivity index (χ1n) is 8.86. The molecule has 0 saturated carbocycles. The predicted octanol–water partition coefficient (Wildman–Crippen LogP) is 1.66. The highest BCUT2D eigenvalue weighted by molar-refractivity contribution is 5.79. The van der Waals surface area contributed by atoms with E-state index in [0.29, 0.717) is 26.2 Å². The van der Waals surface area contributed by atoms with Crippen LogP contribution >= 0.6 is 0 Å². The van der Waals surface area contributed by atoms with Crippen LogP contribution in [0.15, 0.2) is 4.52 Å². The fourth-order valence-electron chi connectivity index (χ4n) is 3.20. The average Bonchev–Trinajstić information content (AvgIpc) is 3.10. The van der Waals surface area contributed by atoms with Gasteiger partial charge in [0.05, 0.1) is 43.2 Å². The Labute approximate surface area is 152 Å². The number of carbonyl (C=O) groups is 1. The van der Waals surface area contributed by atoms with E-state index in [0.717, 1.165) is 40.4 Å². The van der Waals surface area contributed by atoms with Gasteiger partial charge in [0.25, 0.3) is 0 Å². The van der Waals surface area contributed by atoms with Gasteiger partial charge in [-0.2, -0.15) is 5.10 Å². The lowest BCUT2D eigenvalue weighted by Gasteiger charge is -2.32. The zero-order valence-electron chi connectivity index (χ0n) is 15.7. The Morgan fingerprint density at radius 3 is 2.73 bits per heavy atom. The number of H-pyrrole nitrogens is 1. The molecule has 0 spiro atoms. The molecule has 8 heteroatoms. The van der Waals surface area contributed by atoms with E-state index in [4.69, 9.17) is 14.0 Å². The minimum absolute atomic E-state index is 0.0564. The number of amides is 1. The SMILES string of the molecule is Cc1n[nH]c(C)c1CC(=O)N[C@@H]1COCC[C@@H]1OCc1c(C)noc1C. The highest BCUT2D eigenvalue weighted by Crippen LogP contribution is 2.19. The molecule has 26 heavy (non-hydrogen) atoms. The van der Waals surface area contributed by atoms with Crippen molar-refractivity contribution in [1.82, 2.24) is 20.7 Å². The third kappa shape index (κ3) is 4.13. The summed E-state index contributed by atoms with van der Waals surface area (Å²) < 4.78 is 16.8. The topological polar surface area (TPSA) is 102 Å². The Morgan fingerprint density at radius 1 is 1.27 bits per heavy atom. The monoisotopic (exact) mass is 362 g/mol. The lowest BCUT2D eigenvalue weighted by molar-refractivity contribution is -0.125. The zero-order valence-corrected chi connectivity index (χ0v) is 15.7. The summed E-state index contributed by atoms with van der Waals surface area (Å²) >= 11 is 0. The van der Waals surface area contributed by atoms with Crippen molar-refractivity contribution in [2.24, 2.45) is 0 Å². The van der Waals surface area contributed by atoms with Gasteiger partial charge in [0.2, 0.25) is 5.91 Å². The number of carbonyl (C=O) groups excluding carboxylic acids is 1. The summed E-state index contributed by atoms with van der Waals surface area (Å²) in [7, 11) is 0. The van der Waals surface area contributed by atoms with Crippen molar-refractivity contribution in [1.29, 1.82) is 0 Å². The van der Waals surface area contributed by atoms with Gasteiger partial charge < -0.3 is 19.3 Å². The zero-order chi connectivity index (χ0) is 18.7. The van der Waals surface area contributed by atoms with Crippen molar-refractivity contribution in [2.45, 2.75) is 59.3 Å². The van der Waals surface area contributed by atoms with Crippen LogP contribution in [-0.2, 0) is 27.3 Å². The van der Waals surface area contributed by atoms with Crippen LogP contribution in [-0.4, -0.2) is 46.6 Å². The molecular weight excluding hydrogens is 336 g/mol. The summed E-state index contributed by atoms with van der Waals surface area (Å²) in [5.41, 5.74) is 4.51. The van der Waals surface area contributed by atoms with E-state index in [9.17, 15) is 4.79 Å². The number of nitrogens with one attached hydrogen (secondary N) is 2. The van der Waals surface area contributed by atoms with Gasteiger partial charge in [0.15, 0.2) is 0 Å². The van der Waals surface area contributed by atoms with Gasteiger partial charge in [-0.3, -0.25) is 9.89 Å². The number of aromatic amines is 1. The van der Waals surface area contributed by atoms with Gasteiger partial charge in [-0.15, -0.1) is 0 Å². The molecule has 1 aliphatic heterocycles. The smallest absolute Gasteiger partial charge is 0.224 e. The van der Waals surface area contributed by atoms with E-state index >= 15 is 0 Å². The van der Waals surface area contributed by atoms with Crippen molar-refractivity contribution >= 4 is 5.91 Å². The Kier molecular flexibility index (Phi) is 5.73. The summed E-state index contributed by atoms with van der Waals surface area (Å²) in [6.45, 7) is 9.07. The number of ether oxygens (including phenoxy) is 2. The largest absolute Gasteiger partial charge is 0.379 e. The second-order valence-electron chi connectivity index (χ2n) is 6.78. The molecule has 0 unspecified atom stereocenters. The number of nitrogens with zero attached hydrogens (tertiary/aromatic N) is 2. The van der Waals surface area contributed by atoms with Gasteiger partial charge in [-0.1, -0.05) is 5.16 Å². The Hall–Kier alpha value is -2.19. The summed E-state index contributed by atoms with van der Waals surface area (Å²) in [6.07, 6.45) is 0.923. The molecular formula is C18H26N4O4. The van der Waals surface area contributed by atoms with Crippen LogP contribution in [0.3, 0.4) is 0 Å². The van der Waals surface area contributed by atoms with Crippen molar-refractivity contribution in [3.05, 3.63) is 34.0 Å². The Balaban J connectivity index is 1.59. The van der Waals surface area contributed by atoms with Crippen LogP contribution in [0.2, 0.25) is 0 Å². The predicted molar refractivity (Wildman–Crippen MR) is 93.7 cm³/mol. The van der Waals surface area contributed by atoms with E-state index in [1.54, 1.807) is 0 Å². The van der Waals surface area contributed by atoms with Crippen molar-refractivity contribution in [3.8, 4) is 0 Å². The van der Waals surface area contributed by atoms with Crippen LogP contribution in [0.25, 0.3) is 0 Å². The number of hydrogen-bond donors (Lipinski definition) is 2. The molecule has 0 bridgehead atoms. The quantitative estimate of drug-likeness (QED) is 0.810. The summed E-state index contributed by atoms with van der Waals surface area (Å²) in [6, 6.07) is -0.177. The highest BCUT2D eigenvalue weighted by Gasteiger charge is 2.29. The summed E-state index contributed by atoms with van der Waals surface area (Å²) in [5.74, 6) is 0.708. The van der Waals surface area contributed by atoms with E-state index in [1.807, 2.05) is 27.7 Å². The van der Waals surface area contributed by atoms with Gasteiger partial charge in [0.1, 0.15) is 5.76 Å². The van der Waals surface area contributed by atoms with Gasteiger partial charge in [-0.25, -0.2) is 0 Å². The van der Waals surface area contributed by atoms with E-state index in [1.165, 1.54) is 0 Å². The van der Waals surface area contributed by atoms with Gasteiger partial charge >= 0.3 is 0 Å². The summed E-state index contributed by atoms with van der Waals surface area (Å²) in [4.78, 5) is 12.5. The summed E-state index contributed by atoms with van der Waals surface area (Å²) in [5, 5.41) is 14.0. The van der Waals surface area contributed by atoms with Crippen molar-refractivity contribution < 1.29 is 18.8 Å². The first-order valence-corrected chi connectivity index (χ1v) is 8.86. The maximum Gasteiger partial charge on any atom is 0.224 e. The van der Waals surface area contributed by atoms with Crippen LogP contribution < -0.4 is 5.32 Å². The number of rotatable bonds is 6. The first-order chi connectivity index (χ1) is 12.5. The molecule has 8 nitrogen and oxygen atoms in total. The molecule has 3 heterocycles. The van der Waals surface area contributed by atoms with Crippen LogP contribution in [0.4, 0.5) is 0 Å². The number of hydrogen-bond acceptors (Lipinski definition) is 6. The molecule has 1 fully saturated rings. The van der Waals surface area contributed by atoms with Gasteiger partial charge in [0, 0.05) is 23.4 Å². The van der Waals surface area contributed by atoms with Crippen LogP contribution in [0.1, 0.15) is 40.4 Å². The molecule has 1 aliphatic rings. The maximum atomic E-state index is 12.5. The molecule has 1 saturated heterocycles. The lowest BCUT2D eigenvalue weighted by atomic mass is 10.0. The van der Waals surface area contributed by atoms with Crippen LogP contribution in [0.5, 0.6) is 0 Å². The third-order valence-corrected chi connectivity index (χ3v) is 4.88. The molecule has 2 N–H and O–H groups in total. The molecule has 2 aromatic heterocycles. The number of aryl methyl sites for hydroxylation is 4. The molecule has 0 radical (unpaired) electrons. The molecule has 3 rings (SSSR count). The lowest BCUT2D eigenvalue weighted by Crippen LogP contribution is -2.51. The second-order valence-corrected chi connectivity index (χ2v) is 6.78. The van der Waals surface area contributed by atoms with Crippen molar-refractivity contribution in [2.75, 3.05) is 13.2 Å². The van der Waals surface area contributed by atoms with E-state index in [-0.39, 0.29) is 18.1 Å². The maximum absolute atomic E-state index is 12.5. The Morgan fingerprint density at radius 2 is 2.08 bits per heavy atom. The molecule has 0 aliphatic carbocycles. The van der Waals surface area contributed by atoms with E-state index in [2.05, 4.69) is 20.7 Å². The molecule has 1 amide bonds. The Bertz CT molecular complexity index is 728. The molecule has 2 atom stereocenters. The molecule has 0 aromatic carbocycles. The van der Waals surface area contributed by atoms with Crippen molar-refractivity contribution in [3.63, 3.8) is 0 Å². The fourth-order valence-corrected chi connectivity index (χ4v) is 3.20. The normalized spacial score (nSPS) is 20.3. The van der Waals surface area contributed by atoms with E-state index < -0.39 is 0 Å². The molecule has 2 aromatic rings. The highest BCUT2D eigenvalue weighted by atomic mass is 16.5.